The van der Waals surface area contributed by atoms with Gasteiger partial charge in [0.25, 0.3) is 0 Å². The molecule has 98 valence electrons. The van der Waals surface area contributed by atoms with Crippen LogP contribution in [0, 0.1) is 0 Å². The van der Waals surface area contributed by atoms with Crippen LogP contribution in [-0.4, -0.2) is 61.9 Å². The highest BCUT2D eigenvalue weighted by Crippen LogP contribution is 2.18. The normalized spacial score (nSPS) is 31.5. The van der Waals surface area contributed by atoms with E-state index in [1.165, 1.54) is 0 Å². The van der Waals surface area contributed by atoms with Crippen molar-refractivity contribution in [3.05, 3.63) is 0 Å². The number of nitrogens with zero attached hydrogens (tertiary/aromatic N) is 1. The summed E-state index contributed by atoms with van der Waals surface area (Å²) >= 11 is 0. The van der Waals surface area contributed by atoms with Crippen LogP contribution in [0.4, 0.5) is 0 Å². The van der Waals surface area contributed by atoms with Crippen molar-refractivity contribution in [3.8, 4) is 0 Å². The van der Waals surface area contributed by atoms with Crippen molar-refractivity contribution >= 4 is 5.91 Å². The van der Waals surface area contributed by atoms with E-state index in [1.54, 1.807) is 0 Å². The third-order valence-corrected chi connectivity index (χ3v) is 3.48. The molecule has 0 aliphatic carbocycles. The predicted molar refractivity (Wildman–Crippen MR) is 63.8 cm³/mol. The Morgan fingerprint density at radius 2 is 2.00 bits per heavy atom. The molecule has 2 aliphatic heterocycles. The van der Waals surface area contributed by atoms with Gasteiger partial charge in [0.15, 0.2) is 0 Å². The van der Waals surface area contributed by atoms with E-state index in [1.807, 2.05) is 11.8 Å². The van der Waals surface area contributed by atoms with Gasteiger partial charge in [-0.15, -0.1) is 0 Å². The summed E-state index contributed by atoms with van der Waals surface area (Å²) in [7, 11) is 0. The topological polar surface area (TPSA) is 50.8 Å². The number of rotatable bonds is 3. The summed E-state index contributed by atoms with van der Waals surface area (Å²) < 4.78 is 10.6. The van der Waals surface area contributed by atoms with E-state index in [4.69, 9.17) is 9.47 Å². The molecule has 2 fully saturated rings. The fraction of sp³-hybridized carbons (Fsp3) is 0.917. The zero-order chi connectivity index (χ0) is 12.3. The first-order valence-electron chi connectivity index (χ1n) is 6.33. The van der Waals surface area contributed by atoms with Crippen molar-refractivity contribution in [2.45, 2.75) is 31.8 Å². The number of ether oxygens (including phenoxy) is 2. The maximum absolute atomic E-state index is 12.2. The Labute approximate surface area is 102 Å². The number of morpholine rings is 1. The van der Waals surface area contributed by atoms with Crippen molar-refractivity contribution in [2.24, 2.45) is 0 Å². The summed E-state index contributed by atoms with van der Waals surface area (Å²) in [6, 6.07) is -0.153. The smallest absolute Gasteiger partial charge is 0.239 e. The predicted octanol–water partition coefficient (Wildman–Crippen LogP) is 0.00230. The van der Waals surface area contributed by atoms with Gasteiger partial charge in [-0.2, -0.15) is 0 Å². The van der Waals surface area contributed by atoms with E-state index in [2.05, 4.69) is 12.2 Å². The van der Waals surface area contributed by atoms with Crippen molar-refractivity contribution in [1.29, 1.82) is 0 Å². The molecule has 0 radical (unpaired) electrons. The molecule has 2 heterocycles. The van der Waals surface area contributed by atoms with Crippen LogP contribution < -0.4 is 5.32 Å². The van der Waals surface area contributed by atoms with Gasteiger partial charge in [0.1, 0.15) is 0 Å². The number of hydrogen-bond donors (Lipinski definition) is 1. The van der Waals surface area contributed by atoms with Crippen LogP contribution in [0.2, 0.25) is 0 Å². The van der Waals surface area contributed by atoms with Crippen molar-refractivity contribution < 1.29 is 14.3 Å². The average Bonchev–Trinajstić information content (AvgIpc) is 2.76. The molecule has 2 aliphatic rings. The molecule has 0 spiro atoms. The molecule has 0 bridgehead atoms. The minimum absolute atomic E-state index is 0.0542. The Morgan fingerprint density at radius 3 is 2.59 bits per heavy atom. The molecule has 1 N–H and O–H groups in total. The molecule has 5 nitrogen and oxygen atoms in total. The van der Waals surface area contributed by atoms with E-state index >= 15 is 0 Å². The second kappa shape index (κ2) is 5.33. The summed E-state index contributed by atoms with van der Waals surface area (Å²) in [5, 5.41) is 3.40. The minimum Gasteiger partial charge on any atom is -0.379 e. The molecule has 1 amide bonds. The second-order valence-electron chi connectivity index (χ2n) is 5.17. The fourth-order valence-corrected chi connectivity index (χ4v) is 2.42. The SMILES string of the molecule is CC(NC1(C)CCOC1)C(=O)N1CCOCC1. The van der Waals surface area contributed by atoms with Crippen LogP contribution >= 0.6 is 0 Å². The summed E-state index contributed by atoms with van der Waals surface area (Å²) in [5.41, 5.74) is -0.0542. The maximum atomic E-state index is 12.2. The molecular weight excluding hydrogens is 220 g/mol. The molecule has 2 saturated heterocycles. The first kappa shape index (κ1) is 12.8. The molecule has 5 heteroatoms. The molecule has 0 aromatic carbocycles. The minimum atomic E-state index is -0.153. The third kappa shape index (κ3) is 3.18. The van der Waals surface area contributed by atoms with E-state index in [0.29, 0.717) is 32.9 Å². The number of carbonyl (C=O) groups excluding carboxylic acids is 1. The standard InChI is InChI=1S/C12H22N2O3/c1-10(13-12(2)3-6-17-9-12)11(15)14-4-7-16-8-5-14/h10,13H,3-9H2,1-2H3. The average molecular weight is 242 g/mol. The Bertz CT molecular complexity index is 271. The van der Waals surface area contributed by atoms with Crippen LogP contribution in [-0.2, 0) is 14.3 Å². The largest absolute Gasteiger partial charge is 0.379 e. The van der Waals surface area contributed by atoms with Crippen LogP contribution in [0.3, 0.4) is 0 Å². The maximum Gasteiger partial charge on any atom is 0.239 e. The van der Waals surface area contributed by atoms with Gasteiger partial charge in [-0.3, -0.25) is 10.1 Å². The molecule has 2 unspecified atom stereocenters. The second-order valence-corrected chi connectivity index (χ2v) is 5.17. The van der Waals surface area contributed by atoms with Gasteiger partial charge in [0.05, 0.1) is 25.9 Å². The van der Waals surface area contributed by atoms with Gasteiger partial charge >= 0.3 is 0 Å². The van der Waals surface area contributed by atoms with Crippen molar-refractivity contribution in [3.63, 3.8) is 0 Å². The van der Waals surface area contributed by atoms with Crippen LogP contribution in [0.15, 0.2) is 0 Å². The van der Waals surface area contributed by atoms with Gasteiger partial charge in [-0.1, -0.05) is 0 Å². The Kier molecular flexibility index (Phi) is 4.01. The van der Waals surface area contributed by atoms with E-state index in [-0.39, 0.29) is 17.5 Å². The number of carbonyl (C=O) groups is 1. The van der Waals surface area contributed by atoms with Gasteiger partial charge < -0.3 is 14.4 Å². The first-order chi connectivity index (χ1) is 8.11. The lowest BCUT2D eigenvalue weighted by Gasteiger charge is -2.33. The Morgan fingerprint density at radius 1 is 1.29 bits per heavy atom. The van der Waals surface area contributed by atoms with Crippen LogP contribution in [0.25, 0.3) is 0 Å². The lowest BCUT2D eigenvalue weighted by Crippen LogP contribution is -2.55. The van der Waals surface area contributed by atoms with E-state index in [9.17, 15) is 4.79 Å². The molecule has 0 aromatic rings. The molecular formula is C12H22N2O3. The molecule has 2 rings (SSSR count). The highest BCUT2D eigenvalue weighted by atomic mass is 16.5. The summed E-state index contributed by atoms with van der Waals surface area (Å²) in [6.45, 7) is 8.23. The summed E-state index contributed by atoms with van der Waals surface area (Å²) in [4.78, 5) is 14.1. The monoisotopic (exact) mass is 242 g/mol. The van der Waals surface area contributed by atoms with Crippen molar-refractivity contribution in [1.82, 2.24) is 10.2 Å². The zero-order valence-corrected chi connectivity index (χ0v) is 10.7. The van der Waals surface area contributed by atoms with Gasteiger partial charge in [-0.05, 0) is 20.3 Å². The first-order valence-corrected chi connectivity index (χ1v) is 6.33. The molecule has 0 saturated carbocycles. The summed E-state index contributed by atoms with van der Waals surface area (Å²) in [5.74, 6) is 0.168. The molecule has 17 heavy (non-hydrogen) atoms. The van der Waals surface area contributed by atoms with E-state index in [0.717, 1.165) is 13.0 Å². The number of nitrogens with one attached hydrogen (secondary N) is 1. The highest BCUT2D eigenvalue weighted by Gasteiger charge is 2.33. The van der Waals surface area contributed by atoms with Crippen LogP contribution in [0.5, 0.6) is 0 Å². The lowest BCUT2D eigenvalue weighted by atomic mass is 10.0. The molecule has 0 aromatic heterocycles. The van der Waals surface area contributed by atoms with Gasteiger partial charge in [0, 0.05) is 25.2 Å². The quantitative estimate of drug-likeness (QED) is 0.757. The zero-order valence-electron chi connectivity index (χ0n) is 10.7. The Balaban J connectivity index is 1.85. The van der Waals surface area contributed by atoms with Gasteiger partial charge in [0.2, 0.25) is 5.91 Å². The fourth-order valence-electron chi connectivity index (χ4n) is 2.42. The van der Waals surface area contributed by atoms with Gasteiger partial charge in [-0.25, -0.2) is 0 Å². The summed E-state index contributed by atoms with van der Waals surface area (Å²) in [6.07, 6.45) is 0.966. The highest BCUT2D eigenvalue weighted by molar-refractivity contribution is 5.81. The van der Waals surface area contributed by atoms with Crippen LogP contribution in [0.1, 0.15) is 20.3 Å². The third-order valence-electron chi connectivity index (χ3n) is 3.48. The molecule has 2 atom stereocenters. The lowest BCUT2D eigenvalue weighted by molar-refractivity contribution is -0.137. The number of hydrogen-bond acceptors (Lipinski definition) is 4. The van der Waals surface area contributed by atoms with Crippen molar-refractivity contribution in [2.75, 3.05) is 39.5 Å². The Hall–Kier alpha value is -0.650. The van der Waals surface area contributed by atoms with E-state index < -0.39 is 0 Å². The number of amides is 1.